The first-order valence-corrected chi connectivity index (χ1v) is 4.95. The summed E-state index contributed by atoms with van der Waals surface area (Å²) in [5.41, 5.74) is 1.80. The van der Waals surface area contributed by atoms with Gasteiger partial charge in [-0.15, -0.1) is 0 Å². The van der Waals surface area contributed by atoms with Gasteiger partial charge >= 0.3 is 0 Å². The fourth-order valence-corrected chi connectivity index (χ4v) is 1.68. The lowest BCUT2D eigenvalue weighted by Crippen LogP contribution is -1.87. The highest BCUT2D eigenvalue weighted by atomic mass is 32.2. The molecule has 0 saturated heterocycles. The maximum atomic E-state index is 5.18. The second-order valence-electron chi connectivity index (χ2n) is 2.84. The van der Waals surface area contributed by atoms with E-state index in [1.54, 1.807) is 12.5 Å². The molecule has 0 aromatic carbocycles. The molecule has 0 N–H and O–H groups in total. The van der Waals surface area contributed by atoms with Crippen LogP contribution in [0.2, 0.25) is 0 Å². The van der Waals surface area contributed by atoms with Gasteiger partial charge in [0.2, 0.25) is 0 Å². The average molecular weight is 207 g/mol. The van der Waals surface area contributed by atoms with Crippen molar-refractivity contribution in [1.82, 2.24) is 15.0 Å². The molecule has 0 radical (unpaired) electrons. The standard InChI is InChI=1S/C9H9N3OS/c1-6-3-4-10-8(11-6)14-9-12-7(2)5-13-9/h3-5H,1-2H3. The minimum Gasteiger partial charge on any atom is -0.439 e. The fraction of sp³-hybridized carbons (Fsp3) is 0.222. The van der Waals surface area contributed by atoms with Crippen molar-refractivity contribution in [3.05, 3.63) is 29.9 Å². The van der Waals surface area contributed by atoms with E-state index in [2.05, 4.69) is 15.0 Å². The molecule has 0 aliphatic rings. The number of rotatable bonds is 2. The predicted octanol–water partition coefficient (Wildman–Crippen LogP) is 2.23. The molecule has 0 aliphatic carbocycles. The molecule has 0 bridgehead atoms. The molecule has 2 aromatic heterocycles. The minimum absolute atomic E-state index is 0.577. The summed E-state index contributed by atoms with van der Waals surface area (Å²) in [5, 5.41) is 1.24. The number of aromatic nitrogens is 3. The summed E-state index contributed by atoms with van der Waals surface area (Å²) in [6.07, 6.45) is 3.33. The van der Waals surface area contributed by atoms with Gasteiger partial charge in [-0.1, -0.05) is 0 Å². The van der Waals surface area contributed by atoms with E-state index in [4.69, 9.17) is 4.42 Å². The van der Waals surface area contributed by atoms with Gasteiger partial charge in [0.25, 0.3) is 5.22 Å². The topological polar surface area (TPSA) is 51.8 Å². The summed E-state index contributed by atoms with van der Waals surface area (Å²) in [4.78, 5) is 12.5. The Morgan fingerprint density at radius 2 is 2.07 bits per heavy atom. The lowest BCUT2D eigenvalue weighted by Gasteiger charge is -1.95. The van der Waals surface area contributed by atoms with Crippen LogP contribution >= 0.6 is 11.8 Å². The Morgan fingerprint density at radius 1 is 1.21 bits per heavy atom. The van der Waals surface area contributed by atoms with E-state index < -0.39 is 0 Å². The normalized spacial score (nSPS) is 10.4. The van der Waals surface area contributed by atoms with Crippen LogP contribution in [-0.2, 0) is 0 Å². The van der Waals surface area contributed by atoms with Crippen LogP contribution in [0.5, 0.6) is 0 Å². The molecule has 72 valence electrons. The largest absolute Gasteiger partial charge is 0.439 e. The fourth-order valence-electron chi connectivity index (χ4n) is 0.932. The van der Waals surface area contributed by atoms with Gasteiger partial charge in [0, 0.05) is 23.7 Å². The number of hydrogen-bond donors (Lipinski definition) is 0. The summed E-state index contributed by atoms with van der Waals surface area (Å²) in [5.74, 6) is 0. The summed E-state index contributed by atoms with van der Waals surface area (Å²) in [6.45, 7) is 3.80. The van der Waals surface area contributed by atoms with E-state index >= 15 is 0 Å². The summed E-state index contributed by atoms with van der Waals surface area (Å²) in [6, 6.07) is 1.85. The van der Waals surface area contributed by atoms with E-state index in [0.717, 1.165) is 11.4 Å². The third-order valence-corrected chi connectivity index (χ3v) is 2.29. The van der Waals surface area contributed by atoms with Gasteiger partial charge in [0.05, 0.1) is 5.69 Å². The number of oxazole rings is 1. The second-order valence-corrected chi connectivity index (χ2v) is 3.76. The summed E-state index contributed by atoms with van der Waals surface area (Å²) < 4.78 is 5.18. The van der Waals surface area contributed by atoms with Crippen molar-refractivity contribution in [2.75, 3.05) is 0 Å². The monoisotopic (exact) mass is 207 g/mol. The molecule has 0 unspecified atom stereocenters. The molecule has 0 fully saturated rings. The Bertz CT molecular complexity index is 441. The van der Waals surface area contributed by atoms with Crippen LogP contribution in [-0.4, -0.2) is 15.0 Å². The highest BCUT2D eigenvalue weighted by molar-refractivity contribution is 7.98. The molecule has 0 aliphatic heterocycles. The smallest absolute Gasteiger partial charge is 0.263 e. The molecule has 2 heterocycles. The van der Waals surface area contributed by atoms with Crippen LogP contribution in [0, 0.1) is 13.8 Å². The molecular formula is C9H9N3OS. The van der Waals surface area contributed by atoms with Crippen LogP contribution in [0.15, 0.2) is 33.3 Å². The molecule has 2 aromatic rings. The van der Waals surface area contributed by atoms with Crippen LogP contribution in [0.25, 0.3) is 0 Å². The van der Waals surface area contributed by atoms with E-state index in [9.17, 15) is 0 Å². The number of nitrogens with zero attached hydrogens (tertiary/aromatic N) is 3. The molecule has 5 heteroatoms. The van der Waals surface area contributed by atoms with Crippen molar-refractivity contribution in [3.8, 4) is 0 Å². The third kappa shape index (κ3) is 2.11. The predicted molar refractivity (Wildman–Crippen MR) is 52.1 cm³/mol. The van der Waals surface area contributed by atoms with Crippen molar-refractivity contribution in [3.63, 3.8) is 0 Å². The lowest BCUT2D eigenvalue weighted by molar-refractivity contribution is 0.453. The SMILES string of the molecule is Cc1ccnc(Sc2nc(C)co2)n1. The number of hydrogen-bond acceptors (Lipinski definition) is 5. The van der Waals surface area contributed by atoms with Crippen molar-refractivity contribution in [2.24, 2.45) is 0 Å². The van der Waals surface area contributed by atoms with Gasteiger partial charge in [0.1, 0.15) is 6.26 Å². The first kappa shape index (κ1) is 9.21. The van der Waals surface area contributed by atoms with Crippen molar-refractivity contribution in [2.45, 2.75) is 24.2 Å². The van der Waals surface area contributed by atoms with E-state index in [-0.39, 0.29) is 0 Å². The average Bonchev–Trinajstić information content (AvgIpc) is 2.51. The molecule has 14 heavy (non-hydrogen) atoms. The second kappa shape index (κ2) is 3.79. The van der Waals surface area contributed by atoms with Crippen LogP contribution in [0.3, 0.4) is 0 Å². The molecule has 0 atom stereocenters. The number of aryl methyl sites for hydroxylation is 2. The Morgan fingerprint density at radius 3 is 2.71 bits per heavy atom. The van der Waals surface area contributed by atoms with Gasteiger partial charge in [0.15, 0.2) is 5.16 Å². The maximum Gasteiger partial charge on any atom is 0.263 e. The van der Waals surface area contributed by atoms with Crippen molar-refractivity contribution in [1.29, 1.82) is 0 Å². The van der Waals surface area contributed by atoms with E-state index in [1.165, 1.54) is 11.8 Å². The van der Waals surface area contributed by atoms with Gasteiger partial charge in [-0.2, -0.15) is 0 Å². The zero-order chi connectivity index (χ0) is 9.97. The maximum absolute atomic E-state index is 5.18. The Labute approximate surface area is 85.8 Å². The molecule has 0 saturated carbocycles. The molecule has 0 spiro atoms. The first-order chi connectivity index (χ1) is 6.74. The van der Waals surface area contributed by atoms with Crippen molar-refractivity contribution >= 4 is 11.8 Å². The van der Waals surface area contributed by atoms with Gasteiger partial charge in [-0.3, -0.25) is 0 Å². The first-order valence-electron chi connectivity index (χ1n) is 4.13. The Balaban J connectivity index is 2.18. The Hall–Kier alpha value is -1.36. The molecular weight excluding hydrogens is 198 g/mol. The van der Waals surface area contributed by atoms with Crippen LogP contribution in [0.1, 0.15) is 11.4 Å². The third-order valence-electron chi connectivity index (χ3n) is 1.55. The summed E-state index contributed by atoms with van der Waals surface area (Å²) >= 11 is 1.32. The Kier molecular flexibility index (Phi) is 2.49. The summed E-state index contributed by atoms with van der Waals surface area (Å²) in [7, 11) is 0. The quantitative estimate of drug-likeness (QED) is 0.707. The van der Waals surface area contributed by atoms with Gasteiger partial charge in [-0.25, -0.2) is 15.0 Å². The molecule has 0 amide bonds. The lowest BCUT2D eigenvalue weighted by atomic mass is 10.5. The van der Waals surface area contributed by atoms with E-state index in [0.29, 0.717) is 10.4 Å². The molecule has 2 rings (SSSR count). The zero-order valence-corrected chi connectivity index (χ0v) is 8.71. The van der Waals surface area contributed by atoms with Gasteiger partial charge in [-0.05, 0) is 19.9 Å². The van der Waals surface area contributed by atoms with Crippen LogP contribution in [0.4, 0.5) is 0 Å². The minimum atomic E-state index is 0.577. The van der Waals surface area contributed by atoms with Gasteiger partial charge < -0.3 is 4.42 Å². The van der Waals surface area contributed by atoms with E-state index in [1.807, 2.05) is 19.9 Å². The highest BCUT2D eigenvalue weighted by Gasteiger charge is 2.05. The van der Waals surface area contributed by atoms with Crippen molar-refractivity contribution < 1.29 is 4.42 Å². The highest BCUT2D eigenvalue weighted by Crippen LogP contribution is 2.22. The molecule has 4 nitrogen and oxygen atoms in total. The zero-order valence-electron chi connectivity index (χ0n) is 7.89. The van der Waals surface area contributed by atoms with Crippen LogP contribution < -0.4 is 0 Å².